The number of hydrogen-bond acceptors (Lipinski definition) is 7. The van der Waals surface area contributed by atoms with Gasteiger partial charge in [-0.25, -0.2) is 4.79 Å². The van der Waals surface area contributed by atoms with E-state index in [2.05, 4.69) is 11.8 Å². The lowest BCUT2D eigenvalue weighted by Gasteiger charge is -2.34. The molecule has 0 aliphatic carbocycles. The highest BCUT2D eigenvalue weighted by atomic mass is 16.5. The number of carbonyl (C=O) groups is 2. The van der Waals surface area contributed by atoms with Crippen LogP contribution in [0.5, 0.6) is 5.75 Å². The van der Waals surface area contributed by atoms with Crippen molar-refractivity contribution in [1.82, 2.24) is 14.4 Å². The molecular weight excluding hydrogens is 438 g/mol. The molecule has 2 aromatic rings. The third-order valence-electron chi connectivity index (χ3n) is 6.80. The van der Waals surface area contributed by atoms with E-state index in [1.54, 1.807) is 9.47 Å². The number of methoxy groups -OCH3 is 2. The summed E-state index contributed by atoms with van der Waals surface area (Å²) in [5.41, 5.74) is 0.824. The van der Waals surface area contributed by atoms with Crippen molar-refractivity contribution in [2.75, 3.05) is 33.9 Å². The van der Waals surface area contributed by atoms with E-state index in [1.807, 2.05) is 12.1 Å². The van der Waals surface area contributed by atoms with Crippen LogP contribution in [0.2, 0.25) is 0 Å². The fraction of sp³-hybridized carbons (Fsp3) is 0.560. The average molecular weight is 472 g/mol. The van der Waals surface area contributed by atoms with Gasteiger partial charge in [0.2, 0.25) is 0 Å². The molecule has 4 rings (SSSR count). The Kier molecular flexibility index (Phi) is 7.41. The number of ether oxygens (including phenoxy) is 2. The first-order valence-corrected chi connectivity index (χ1v) is 12.0. The lowest BCUT2D eigenvalue weighted by Crippen LogP contribution is -2.49. The lowest BCUT2D eigenvalue weighted by molar-refractivity contribution is -0.147. The molecule has 0 aromatic carbocycles. The first-order valence-electron chi connectivity index (χ1n) is 12.0. The maximum Gasteiger partial charge on any atom is 0.328 e. The standard InChI is InChI=1S/C25H33N3O6/c1-4-17-8-9-18(34-17)16-26-12-10-19-23(21(32-2)15-22(29)27(19)14-13-26)24(30)28-11-6-5-7-20(28)25(31)33-3/h8-9,15,20H,4-7,10-14,16H2,1-3H3. The summed E-state index contributed by atoms with van der Waals surface area (Å²) in [6.45, 7) is 4.93. The maximum atomic E-state index is 13.8. The normalized spacial score (nSPS) is 18.8. The third kappa shape index (κ3) is 4.75. The number of aryl methyl sites for hydroxylation is 1. The van der Waals surface area contributed by atoms with Crippen LogP contribution in [0.25, 0.3) is 0 Å². The quantitative estimate of drug-likeness (QED) is 0.597. The molecule has 9 nitrogen and oxygen atoms in total. The summed E-state index contributed by atoms with van der Waals surface area (Å²) in [7, 11) is 2.80. The molecule has 1 unspecified atom stereocenters. The van der Waals surface area contributed by atoms with E-state index in [-0.39, 0.29) is 17.2 Å². The molecular formula is C25H33N3O6. The van der Waals surface area contributed by atoms with Crippen molar-refractivity contribution in [2.24, 2.45) is 0 Å². The summed E-state index contributed by atoms with van der Waals surface area (Å²) in [5, 5.41) is 0. The maximum absolute atomic E-state index is 13.8. The van der Waals surface area contributed by atoms with Gasteiger partial charge in [-0.1, -0.05) is 6.92 Å². The van der Waals surface area contributed by atoms with Crippen molar-refractivity contribution >= 4 is 11.9 Å². The highest BCUT2D eigenvalue weighted by Crippen LogP contribution is 2.28. The largest absolute Gasteiger partial charge is 0.496 e. The van der Waals surface area contributed by atoms with Gasteiger partial charge in [0.25, 0.3) is 11.5 Å². The van der Waals surface area contributed by atoms with Gasteiger partial charge in [-0.2, -0.15) is 0 Å². The minimum Gasteiger partial charge on any atom is -0.496 e. The number of nitrogens with zero attached hydrogens (tertiary/aromatic N) is 3. The Morgan fingerprint density at radius 1 is 1.09 bits per heavy atom. The molecule has 2 aromatic heterocycles. The number of aromatic nitrogens is 1. The Balaban J connectivity index is 1.64. The molecule has 0 radical (unpaired) electrons. The number of esters is 1. The van der Waals surface area contributed by atoms with E-state index in [1.165, 1.54) is 20.3 Å². The summed E-state index contributed by atoms with van der Waals surface area (Å²) in [4.78, 5) is 42.9. The highest BCUT2D eigenvalue weighted by Gasteiger charge is 2.36. The molecule has 0 saturated carbocycles. The highest BCUT2D eigenvalue weighted by molar-refractivity contribution is 6.00. The van der Waals surface area contributed by atoms with E-state index in [0.29, 0.717) is 56.8 Å². The Morgan fingerprint density at radius 3 is 2.59 bits per heavy atom. The van der Waals surface area contributed by atoms with Crippen molar-refractivity contribution in [3.05, 3.63) is 51.3 Å². The van der Waals surface area contributed by atoms with Crippen molar-refractivity contribution in [3.8, 4) is 5.75 Å². The van der Waals surface area contributed by atoms with Crippen molar-refractivity contribution in [3.63, 3.8) is 0 Å². The Morgan fingerprint density at radius 2 is 1.88 bits per heavy atom. The molecule has 1 fully saturated rings. The SMILES string of the molecule is CCc1ccc(CN2CCc3c(C(=O)N4CCCCC4C(=O)OC)c(OC)cc(=O)n3CC2)o1. The van der Waals surface area contributed by atoms with Gasteiger partial charge in [0, 0.05) is 50.8 Å². The summed E-state index contributed by atoms with van der Waals surface area (Å²) in [6, 6.07) is 4.73. The Hall–Kier alpha value is -3.07. The first-order chi connectivity index (χ1) is 16.5. The van der Waals surface area contributed by atoms with Gasteiger partial charge in [-0.05, 0) is 31.4 Å². The number of rotatable bonds is 6. The van der Waals surface area contributed by atoms with Gasteiger partial charge in [-0.3, -0.25) is 14.5 Å². The summed E-state index contributed by atoms with van der Waals surface area (Å²) in [6.07, 6.45) is 3.58. The van der Waals surface area contributed by atoms with E-state index >= 15 is 0 Å². The van der Waals surface area contributed by atoms with Crippen LogP contribution in [0, 0.1) is 0 Å². The van der Waals surface area contributed by atoms with Crippen molar-refractivity contribution < 1.29 is 23.5 Å². The molecule has 1 amide bonds. The number of hydrogen-bond donors (Lipinski definition) is 0. The van der Waals surface area contributed by atoms with E-state index < -0.39 is 12.0 Å². The molecule has 0 N–H and O–H groups in total. The Bertz CT molecular complexity index is 1100. The number of pyridine rings is 1. The second kappa shape index (κ2) is 10.5. The average Bonchev–Trinajstić information content (AvgIpc) is 3.21. The van der Waals surface area contributed by atoms with Crippen LogP contribution in [-0.4, -0.2) is 66.1 Å². The monoisotopic (exact) mass is 471 g/mol. The van der Waals surface area contributed by atoms with Gasteiger partial charge < -0.3 is 23.4 Å². The Labute approximate surface area is 199 Å². The van der Waals surface area contributed by atoms with Crippen molar-refractivity contribution in [2.45, 2.75) is 58.2 Å². The predicted molar refractivity (Wildman–Crippen MR) is 125 cm³/mol. The minimum absolute atomic E-state index is 0.195. The molecule has 0 bridgehead atoms. The molecule has 2 aliphatic rings. The molecule has 34 heavy (non-hydrogen) atoms. The van der Waals surface area contributed by atoms with Gasteiger partial charge in [0.1, 0.15) is 28.9 Å². The molecule has 4 heterocycles. The molecule has 1 atom stereocenters. The number of amides is 1. The van der Waals surface area contributed by atoms with E-state index in [9.17, 15) is 14.4 Å². The zero-order chi connectivity index (χ0) is 24.2. The summed E-state index contributed by atoms with van der Waals surface area (Å²) in [5.74, 6) is 1.38. The van der Waals surface area contributed by atoms with Crippen LogP contribution in [0.1, 0.15) is 53.8 Å². The number of fused-ring (bicyclic) bond motifs is 1. The van der Waals surface area contributed by atoms with Crippen LogP contribution in [0.4, 0.5) is 0 Å². The third-order valence-corrected chi connectivity index (χ3v) is 6.80. The molecule has 0 spiro atoms. The fourth-order valence-electron chi connectivity index (χ4n) is 4.96. The number of piperidine rings is 1. The number of furan rings is 1. The van der Waals surface area contributed by atoms with Gasteiger partial charge in [0.15, 0.2) is 0 Å². The summed E-state index contributed by atoms with van der Waals surface area (Å²) >= 11 is 0. The zero-order valence-corrected chi connectivity index (χ0v) is 20.2. The lowest BCUT2D eigenvalue weighted by atomic mass is 9.99. The number of carbonyl (C=O) groups excluding carboxylic acids is 2. The first kappa shape index (κ1) is 24.1. The van der Waals surface area contributed by atoms with Crippen LogP contribution < -0.4 is 10.3 Å². The van der Waals surface area contributed by atoms with E-state index in [0.717, 1.165) is 30.8 Å². The zero-order valence-electron chi connectivity index (χ0n) is 20.2. The van der Waals surface area contributed by atoms with Crippen LogP contribution in [-0.2, 0) is 35.5 Å². The smallest absolute Gasteiger partial charge is 0.328 e. The second-order valence-corrected chi connectivity index (χ2v) is 8.81. The van der Waals surface area contributed by atoms with Gasteiger partial charge >= 0.3 is 5.97 Å². The van der Waals surface area contributed by atoms with Crippen LogP contribution in [0.3, 0.4) is 0 Å². The fourth-order valence-corrected chi connectivity index (χ4v) is 4.96. The molecule has 1 saturated heterocycles. The predicted octanol–water partition coefficient (Wildman–Crippen LogP) is 2.24. The van der Waals surface area contributed by atoms with Crippen LogP contribution >= 0.6 is 0 Å². The summed E-state index contributed by atoms with van der Waals surface area (Å²) < 4.78 is 18.0. The topological polar surface area (TPSA) is 94.2 Å². The van der Waals surface area contributed by atoms with Gasteiger partial charge in [-0.15, -0.1) is 0 Å². The molecule has 2 aliphatic heterocycles. The van der Waals surface area contributed by atoms with E-state index in [4.69, 9.17) is 13.9 Å². The van der Waals surface area contributed by atoms with Gasteiger partial charge in [0.05, 0.1) is 20.8 Å². The van der Waals surface area contributed by atoms with Crippen molar-refractivity contribution in [1.29, 1.82) is 0 Å². The minimum atomic E-state index is -0.627. The second-order valence-electron chi connectivity index (χ2n) is 8.81. The number of likely N-dealkylation sites (tertiary alicyclic amines) is 1. The molecule has 9 heteroatoms. The van der Waals surface area contributed by atoms with Crippen LogP contribution in [0.15, 0.2) is 27.4 Å². The molecule has 184 valence electrons.